The van der Waals surface area contributed by atoms with Crippen LogP contribution < -0.4 is 5.32 Å². The minimum atomic E-state index is -0.289. The second kappa shape index (κ2) is 8.16. The first kappa shape index (κ1) is 17.5. The molecule has 1 aliphatic heterocycles. The highest BCUT2D eigenvalue weighted by Gasteiger charge is 2.25. The Kier molecular flexibility index (Phi) is 5.71. The first-order valence-electron chi connectivity index (χ1n) is 8.88. The number of rotatable bonds is 5. The molecule has 2 heterocycles. The quantitative estimate of drug-likeness (QED) is 0.875. The minimum Gasteiger partial charge on any atom is -0.393 e. The number of piperidine rings is 1. The molecule has 1 saturated heterocycles. The van der Waals surface area contributed by atoms with E-state index in [1.54, 1.807) is 6.20 Å². The average Bonchev–Trinajstić information content (AvgIpc) is 3.13. The SMILES string of the molecule is CC(O)C1CCN(C(=O)NCc2cccc(Cn3cccn3)c2)CC1. The highest BCUT2D eigenvalue weighted by atomic mass is 16.3. The van der Waals surface area contributed by atoms with Crippen LogP contribution in [-0.2, 0) is 13.1 Å². The van der Waals surface area contributed by atoms with Crippen LogP contribution >= 0.6 is 0 Å². The number of amides is 2. The van der Waals surface area contributed by atoms with Crippen molar-refractivity contribution in [1.29, 1.82) is 0 Å². The van der Waals surface area contributed by atoms with Gasteiger partial charge in [0.2, 0.25) is 0 Å². The predicted molar refractivity (Wildman–Crippen MR) is 96.0 cm³/mol. The number of urea groups is 1. The lowest BCUT2D eigenvalue weighted by atomic mass is 9.92. The molecule has 1 atom stereocenters. The van der Waals surface area contributed by atoms with Crippen molar-refractivity contribution in [1.82, 2.24) is 20.0 Å². The van der Waals surface area contributed by atoms with Gasteiger partial charge < -0.3 is 15.3 Å². The molecule has 6 nitrogen and oxygen atoms in total. The molecule has 2 aromatic rings. The maximum atomic E-state index is 12.3. The number of aliphatic hydroxyl groups excluding tert-OH is 1. The first-order chi connectivity index (χ1) is 12.1. The lowest BCUT2D eigenvalue weighted by Gasteiger charge is -2.33. The van der Waals surface area contributed by atoms with Crippen molar-refractivity contribution in [2.45, 2.75) is 39.0 Å². The lowest BCUT2D eigenvalue weighted by Crippen LogP contribution is -2.45. The van der Waals surface area contributed by atoms with Crippen LogP contribution in [0.25, 0.3) is 0 Å². The van der Waals surface area contributed by atoms with E-state index in [2.05, 4.69) is 22.5 Å². The second-order valence-electron chi connectivity index (χ2n) is 6.75. The summed E-state index contributed by atoms with van der Waals surface area (Å²) in [5.74, 6) is 0.308. The highest BCUT2D eigenvalue weighted by molar-refractivity contribution is 5.74. The molecule has 0 saturated carbocycles. The molecule has 134 valence electrons. The number of nitrogens with one attached hydrogen (secondary N) is 1. The van der Waals surface area contributed by atoms with E-state index < -0.39 is 0 Å². The van der Waals surface area contributed by atoms with Crippen molar-refractivity contribution in [2.24, 2.45) is 5.92 Å². The Balaban J connectivity index is 1.49. The van der Waals surface area contributed by atoms with E-state index in [-0.39, 0.29) is 12.1 Å². The molecule has 2 N–H and O–H groups in total. The summed E-state index contributed by atoms with van der Waals surface area (Å²) in [5.41, 5.74) is 2.24. The minimum absolute atomic E-state index is 0.0264. The van der Waals surface area contributed by atoms with Gasteiger partial charge in [0.1, 0.15) is 0 Å². The molecule has 1 aromatic heterocycles. The van der Waals surface area contributed by atoms with Crippen molar-refractivity contribution in [3.63, 3.8) is 0 Å². The zero-order valence-electron chi connectivity index (χ0n) is 14.6. The lowest BCUT2D eigenvalue weighted by molar-refractivity contribution is 0.0798. The van der Waals surface area contributed by atoms with Gasteiger partial charge in [-0.2, -0.15) is 5.10 Å². The molecule has 1 aliphatic rings. The van der Waals surface area contributed by atoms with Crippen LogP contribution in [0.3, 0.4) is 0 Å². The third-order valence-corrected chi connectivity index (χ3v) is 4.85. The Morgan fingerprint density at radius 3 is 2.76 bits per heavy atom. The summed E-state index contributed by atoms with van der Waals surface area (Å²) in [6.45, 7) is 4.49. The molecule has 6 heteroatoms. The monoisotopic (exact) mass is 342 g/mol. The van der Waals surface area contributed by atoms with Crippen LogP contribution in [0.1, 0.15) is 30.9 Å². The number of carbonyl (C=O) groups is 1. The van der Waals surface area contributed by atoms with Crippen molar-refractivity contribution in [2.75, 3.05) is 13.1 Å². The van der Waals surface area contributed by atoms with Crippen molar-refractivity contribution in [3.8, 4) is 0 Å². The molecule has 0 radical (unpaired) electrons. The van der Waals surface area contributed by atoms with E-state index in [1.165, 1.54) is 0 Å². The zero-order valence-corrected chi connectivity index (χ0v) is 14.6. The van der Waals surface area contributed by atoms with Gasteiger partial charge in [0.25, 0.3) is 0 Å². The summed E-state index contributed by atoms with van der Waals surface area (Å²) in [6.07, 6.45) is 5.15. The number of aliphatic hydroxyl groups is 1. The predicted octanol–water partition coefficient (Wildman–Crippen LogP) is 2.23. The number of hydrogen-bond acceptors (Lipinski definition) is 3. The fraction of sp³-hybridized carbons (Fsp3) is 0.474. The molecule has 1 fully saturated rings. The Morgan fingerprint density at radius 1 is 1.32 bits per heavy atom. The van der Waals surface area contributed by atoms with Crippen LogP contribution in [0.15, 0.2) is 42.7 Å². The van der Waals surface area contributed by atoms with Crippen LogP contribution in [-0.4, -0.2) is 45.0 Å². The molecule has 0 bridgehead atoms. The van der Waals surface area contributed by atoms with Gasteiger partial charge in [-0.1, -0.05) is 24.3 Å². The molecule has 1 unspecified atom stereocenters. The van der Waals surface area contributed by atoms with Gasteiger partial charge in [-0.3, -0.25) is 4.68 Å². The van der Waals surface area contributed by atoms with E-state index in [0.717, 1.165) is 30.5 Å². The Morgan fingerprint density at radius 2 is 2.08 bits per heavy atom. The van der Waals surface area contributed by atoms with Crippen LogP contribution in [0.2, 0.25) is 0 Å². The maximum Gasteiger partial charge on any atom is 0.317 e. The fourth-order valence-corrected chi connectivity index (χ4v) is 3.29. The Hall–Kier alpha value is -2.34. The summed E-state index contributed by atoms with van der Waals surface area (Å²) < 4.78 is 1.88. The summed E-state index contributed by atoms with van der Waals surface area (Å²) >= 11 is 0. The average molecular weight is 342 g/mol. The van der Waals surface area contributed by atoms with Gasteiger partial charge in [-0.05, 0) is 42.9 Å². The summed E-state index contributed by atoms with van der Waals surface area (Å²) in [6, 6.07) is 10.1. The van der Waals surface area contributed by atoms with Gasteiger partial charge in [-0.25, -0.2) is 4.79 Å². The van der Waals surface area contributed by atoms with Gasteiger partial charge in [0.05, 0.1) is 12.6 Å². The van der Waals surface area contributed by atoms with Crippen LogP contribution in [0, 0.1) is 5.92 Å². The van der Waals surface area contributed by atoms with Crippen molar-refractivity contribution >= 4 is 6.03 Å². The van der Waals surface area contributed by atoms with E-state index in [0.29, 0.717) is 25.6 Å². The normalized spacial score (nSPS) is 16.6. The topological polar surface area (TPSA) is 70.4 Å². The first-order valence-corrected chi connectivity index (χ1v) is 8.88. The number of benzene rings is 1. The second-order valence-corrected chi connectivity index (χ2v) is 6.75. The molecule has 3 rings (SSSR count). The van der Waals surface area contributed by atoms with Gasteiger partial charge in [0, 0.05) is 32.0 Å². The third kappa shape index (κ3) is 4.82. The van der Waals surface area contributed by atoms with E-state index in [1.807, 2.05) is 40.9 Å². The molecular formula is C19H26N4O2. The smallest absolute Gasteiger partial charge is 0.317 e. The number of nitrogens with zero attached hydrogens (tertiary/aromatic N) is 3. The Bertz CT molecular complexity index is 676. The van der Waals surface area contributed by atoms with Gasteiger partial charge in [-0.15, -0.1) is 0 Å². The van der Waals surface area contributed by atoms with E-state index >= 15 is 0 Å². The zero-order chi connectivity index (χ0) is 17.6. The summed E-state index contributed by atoms with van der Waals surface area (Å²) in [4.78, 5) is 14.2. The van der Waals surface area contributed by atoms with E-state index in [9.17, 15) is 9.90 Å². The van der Waals surface area contributed by atoms with Gasteiger partial charge >= 0.3 is 6.03 Å². The molecule has 0 spiro atoms. The number of hydrogen-bond donors (Lipinski definition) is 2. The molecule has 1 aromatic carbocycles. The third-order valence-electron chi connectivity index (χ3n) is 4.85. The molecule has 25 heavy (non-hydrogen) atoms. The Labute approximate surface area is 148 Å². The summed E-state index contributed by atoms with van der Waals surface area (Å²) in [5, 5.41) is 16.9. The number of carbonyl (C=O) groups excluding carboxylic acids is 1. The molecule has 0 aliphatic carbocycles. The standard InChI is InChI=1S/C19H26N4O2/c1-15(24)18-6-10-22(11-7-18)19(25)20-13-16-4-2-5-17(12-16)14-23-9-3-8-21-23/h2-5,8-9,12,15,18,24H,6-7,10-11,13-14H2,1H3,(H,20,25). The van der Waals surface area contributed by atoms with Gasteiger partial charge in [0.15, 0.2) is 0 Å². The maximum absolute atomic E-state index is 12.3. The largest absolute Gasteiger partial charge is 0.393 e. The van der Waals surface area contributed by atoms with Crippen LogP contribution in [0.4, 0.5) is 4.79 Å². The number of likely N-dealkylation sites (tertiary alicyclic amines) is 1. The van der Waals surface area contributed by atoms with Crippen molar-refractivity contribution in [3.05, 3.63) is 53.9 Å². The van der Waals surface area contributed by atoms with Crippen LogP contribution in [0.5, 0.6) is 0 Å². The van der Waals surface area contributed by atoms with E-state index in [4.69, 9.17) is 0 Å². The fourth-order valence-electron chi connectivity index (χ4n) is 3.29. The van der Waals surface area contributed by atoms with Crippen molar-refractivity contribution < 1.29 is 9.90 Å². The molecule has 2 amide bonds. The summed E-state index contributed by atoms with van der Waals surface area (Å²) in [7, 11) is 0. The highest BCUT2D eigenvalue weighted by Crippen LogP contribution is 2.20. The number of aromatic nitrogens is 2. The molecular weight excluding hydrogens is 316 g/mol.